The second-order valence-electron chi connectivity index (χ2n) is 4.94. The fourth-order valence-corrected chi connectivity index (χ4v) is 2.59. The Balaban J connectivity index is 1.89. The van der Waals surface area contributed by atoms with E-state index in [2.05, 4.69) is 42.4 Å². The number of hydrogen-bond donors (Lipinski definition) is 1. The minimum Gasteiger partial charge on any atom is -0.483 e. The Labute approximate surface area is 152 Å². The maximum absolute atomic E-state index is 11.8. The topological polar surface area (TPSA) is 50.7 Å². The molecule has 2 aromatic carbocycles. The maximum Gasteiger partial charge on any atom is 0.277 e. The Bertz CT molecular complexity index is 728. The largest absolute Gasteiger partial charge is 0.483 e. The van der Waals surface area contributed by atoms with Gasteiger partial charge in [0.2, 0.25) is 0 Å². The standard InChI is InChI=1S/C17H16Br2N2O2/c1-11-9-15(19)7-8-16(11)23-10-17(22)21-20-12(2)13-3-5-14(18)6-4-13/h3-9H,10H2,1-2H3,(H,21,22)/b20-12+. The molecule has 0 aliphatic rings. The van der Waals surface area contributed by atoms with Gasteiger partial charge in [-0.2, -0.15) is 5.10 Å². The molecule has 2 aromatic rings. The van der Waals surface area contributed by atoms with E-state index in [-0.39, 0.29) is 12.5 Å². The molecule has 0 aromatic heterocycles. The Morgan fingerprint density at radius 2 is 1.78 bits per heavy atom. The van der Waals surface area contributed by atoms with Crippen molar-refractivity contribution >= 4 is 43.5 Å². The van der Waals surface area contributed by atoms with Gasteiger partial charge in [-0.1, -0.05) is 44.0 Å². The first-order valence-electron chi connectivity index (χ1n) is 6.94. The number of ether oxygens (including phenoxy) is 1. The first-order valence-corrected chi connectivity index (χ1v) is 8.52. The molecule has 0 saturated heterocycles. The summed E-state index contributed by atoms with van der Waals surface area (Å²) >= 11 is 6.77. The molecular formula is C17H16Br2N2O2. The molecule has 0 aliphatic heterocycles. The number of halogens is 2. The smallest absolute Gasteiger partial charge is 0.277 e. The monoisotopic (exact) mass is 438 g/mol. The van der Waals surface area contributed by atoms with Crippen molar-refractivity contribution in [3.63, 3.8) is 0 Å². The molecule has 2 rings (SSSR count). The molecule has 0 saturated carbocycles. The van der Waals surface area contributed by atoms with Crippen molar-refractivity contribution in [1.82, 2.24) is 5.43 Å². The van der Waals surface area contributed by atoms with Gasteiger partial charge in [0.25, 0.3) is 5.91 Å². The van der Waals surface area contributed by atoms with Crippen molar-refractivity contribution in [3.8, 4) is 5.75 Å². The van der Waals surface area contributed by atoms with E-state index < -0.39 is 0 Å². The number of amides is 1. The summed E-state index contributed by atoms with van der Waals surface area (Å²) in [5, 5.41) is 4.09. The number of rotatable bonds is 5. The number of hydrazone groups is 1. The highest BCUT2D eigenvalue weighted by molar-refractivity contribution is 9.10. The van der Waals surface area contributed by atoms with Crippen LogP contribution in [0.5, 0.6) is 5.75 Å². The lowest BCUT2D eigenvalue weighted by Crippen LogP contribution is -2.25. The molecule has 0 atom stereocenters. The minimum atomic E-state index is -0.302. The van der Waals surface area contributed by atoms with Crippen LogP contribution in [0.2, 0.25) is 0 Å². The van der Waals surface area contributed by atoms with Crippen molar-refractivity contribution in [1.29, 1.82) is 0 Å². The Morgan fingerprint density at radius 1 is 1.13 bits per heavy atom. The summed E-state index contributed by atoms with van der Waals surface area (Å²) in [6.07, 6.45) is 0. The second kappa shape index (κ2) is 8.26. The lowest BCUT2D eigenvalue weighted by atomic mass is 10.1. The fourth-order valence-electron chi connectivity index (χ4n) is 1.85. The van der Waals surface area contributed by atoms with E-state index in [1.54, 1.807) is 0 Å². The highest BCUT2D eigenvalue weighted by atomic mass is 79.9. The number of benzene rings is 2. The molecule has 1 amide bonds. The average Bonchev–Trinajstić information content (AvgIpc) is 2.52. The number of aryl methyl sites for hydroxylation is 1. The lowest BCUT2D eigenvalue weighted by molar-refractivity contribution is -0.123. The zero-order valence-corrected chi connectivity index (χ0v) is 15.9. The predicted octanol–water partition coefficient (Wildman–Crippen LogP) is 4.44. The quantitative estimate of drug-likeness (QED) is 0.553. The Hall–Kier alpha value is -1.66. The van der Waals surface area contributed by atoms with E-state index >= 15 is 0 Å². The molecular weight excluding hydrogens is 424 g/mol. The van der Waals surface area contributed by atoms with Crippen molar-refractivity contribution in [2.75, 3.05) is 6.61 Å². The number of carbonyl (C=O) groups excluding carboxylic acids is 1. The van der Waals surface area contributed by atoms with Gasteiger partial charge in [0, 0.05) is 8.95 Å². The van der Waals surface area contributed by atoms with Crippen molar-refractivity contribution in [2.45, 2.75) is 13.8 Å². The van der Waals surface area contributed by atoms with Gasteiger partial charge in [0.15, 0.2) is 6.61 Å². The molecule has 6 heteroatoms. The maximum atomic E-state index is 11.8. The number of nitrogens with zero attached hydrogens (tertiary/aromatic N) is 1. The average molecular weight is 440 g/mol. The van der Waals surface area contributed by atoms with Gasteiger partial charge in [-0.15, -0.1) is 0 Å². The molecule has 0 spiro atoms. The molecule has 0 heterocycles. The summed E-state index contributed by atoms with van der Waals surface area (Å²) in [7, 11) is 0. The fraction of sp³-hybridized carbons (Fsp3) is 0.176. The van der Waals surface area contributed by atoms with Gasteiger partial charge in [-0.05, 0) is 55.3 Å². The third kappa shape index (κ3) is 5.48. The minimum absolute atomic E-state index is 0.0837. The Kier molecular flexibility index (Phi) is 6.36. The molecule has 0 fully saturated rings. The van der Waals surface area contributed by atoms with Gasteiger partial charge < -0.3 is 4.74 Å². The van der Waals surface area contributed by atoms with Crippen LogP contribution in [0, 0.1) is 6.92 Å². The van der Waals surface area contributed by atoms with E-state index in [0.717, 1.165) is 25.8 Å². The molecule has 1 N–H and O–H groups in total. The van der Waals surface area contributed by atoms with E-state index in [1.807, 2.05) is 56.3 Å². The predicted molar refractivity (Wildman–Crippen MR) is 98.9 cm³/mol. The van der Waals surface area contributed by atoms with Crippen LogP contribution in [-0.2, 0) is 4.79 Å². The van der Waals surface area contributed by atoms with Gasteiger partial charge >= 0.3 is 0 Å². The third-order valence-corrected chi connectivity index (χ3v) is 4.13. The van der Waals surface area contributed by atoms with E-state index in [4.69, 9.17) is 4.74 Å². The molecule has 4 nitrogen and oxygen atoms in total. The number of nitrogens with one attached hydrogen (secondary N) is 1. The second-order valence-corrected chi connectivity index (χ2v) is 6.77. The molecule has 23 heavy (non-hydrogen) atoms. The van der Waals surface area contributed by atoms with Crippen LogP contribution in [-0.4, -0.2) is 18.2 Å². The highest BCUT2D eigenvalue weighted by Crippen LogP contribution is 2.21. The SMILES string of the molecule is C/C(=N\NC(=O)COc1ccc(Br)cc1C)c1ccc(Br)cc1. The highest BCUT2D eigenvalue weighted by Gasteiger charge is 2.05. The first kappa shape index (κ1) is 17.7. The summed E-state index contributed by atoms with van der Waals surface area (Å²) in [6, 6.07) is 13.3. The molecule has 0 aliphatic carbocycles. The first-order chi connectivity index (χ1) is 11.0. The van der Waals surface area contributed by atoms with Crippen LogP contribution in [0.1, 0.15) is 18.1 Å². The molecule has 0 bridgehead atoms. The normalized spacial score (nSPS) is 11.2. The van der Waals surface area contributed by atoms with E-state index in [0.29, 0.717) is 5.75 Å². The van der Waals surface area contributed by atoms with Gasteiger partial charge in [0.05, 0.1) is 5.71 Å². The zero-order chi connectivity index (χ0) is 16.8. The van der Waals surface area contributed by atoms with Crippen LogP contribution in [0.4, 0.5) is 0 Å². The summed E-state index contributed by atoms with van der Waals surface area (Å²) in [6.45, 7) is 3.68. The summed E-state index contributed by atoms with van der Waals surface area (Å²) in [4.78, 5) is 11.8. The third-order valence-electron chi connectivity index (χ3n) is 3.11. The number of hydrogen-bond acceptors (Lipinski definition) is 3. The zero-order valence-electron chi connectivity index (χ0n) is 12.8. The van der Waals surface area contributed by atoms with Crippen molar-refractivity contribution < 1.29 is 9.53 Å². The molecule has 0 radical (unpaired) electrons. The van der Waals surface area contributed by atoms with Crippen LogP contribution >= 0.6 is 31.9 Å². The van der Waals surface area contributed by atoms with Crippen molar-refractivity contribution in [3.05, 3.63) is 62.5 Å². The lowest BCUT2D eigenvalue weighted by Gasteiger charge is -2.08. The van der Waals surface area contributed by atoms with Gasteiger partial charge in [0.1, 0.15) is 5.75 Å². The summed E-state index contributed by atoms with van der Waals surface area (Å²) in [5.41, 5.74) is 5.13. The Morgan fingerprint density at radius 3 is 2.43 bits per heavy atom. The molecule has 0 unspecified atom stereocenters. The van der Waals surface area contributed by atoms with Gasteiger partial charge in [-0.3, -0.25) is 4.79 Å². The van der Waals surface area contributed by atoms with Crippen LogP contribution in [0.3, 0.4) is 0 Å². The van der Waals surface area contributed by atoms with Gasteiger partial charge in [-0.25, -0.2) is 5.43 Å². The molecule has 120 valence electrons. The van der Waals surface area contributed by atoms with Crippen LogP contribution in [0.15, 0.2) is 56.5 Å². The van der Waals surface area contributed by atoms with E-state index in [1.165, 1.54) is 0 Å². The van der Waals surface area contributed by atoms with Crippen LogP contribution in [0.25, 0.3) is 0 Å². The van der Waals surface area contributed by atoms with Crippen molar-refractivity contribution in [2.24, 2.45) is 5.10 Å². The summed E-state index contributed by atoms with van der Waals surface area (Å²) < 4.78 is 7.47. The van der Waals surface area contributed by atoms with Crippen LogP contribution < -0.4 is 10.2 Å². The van der Waals surface area contributed by atoms with E-state index in [9.17, 15) is 4.79 Å². The summed E-state index contributed by atoms with van der Waals surface area (Å²) in [5.74, 6) is 0.376. The number of carbonyl (C=O) groups is 1.